The zero-order valence-corrected chi connectivity index (χ0v) is 33.1. The molecule has 0 saturated carbocycles. The third-order valence-electron chi connectivity index (χ3n) is 7.87. The number of ether oxygens (including phenoxy) is 2. The fourth-order valence-electron chi connectivity index (χ4n) is 5.03. The SMILES string of the molecule is CCCCCCCc1ccc(Oc2cc(S(=O)(=O)O)ccc2O)cc1.CCCCCCCc1ccc(Oc2cc(S(=O)(=O)[O-])ccc2[O-])cc1.[Ca+2]. The van der Waals surface area contributed by atoms with Crippen molar-refractivity contribution in [2.75, 3.05) is 0 Å². The van der Waals surface area contributed by atoms with Crippen molar-refractivity contribution in [1.29, 1.82) is 0 Å². The summed E-state index contributed by atoms with van der Waals surface area (Å²) in [4.78, 5) is -0.810. The number of rotatable bonds is 18. The summed E-state index contributed by atoms with van der Waals surface area (Å²) in [5.74, 6) is 0.0243. The van der Waals surface area contributed by atoms with Crippen molar-refractivity contribution in [3.8, 4) is 34.5 Å². The molecular formula is C38H46CaO10S2. The van der Waals surface area contributed by atoms with E-state index in [2.05, 4.69) is 13.8 Å². The number of phenols is 1. The van der Waals surface area contributed by atoms with Crippen LogP contribution in [0, 0.1) is 0 Å². The first-order valence-corrected chi connectivity index (χ1v) is 19.8. The van der Waals surface area contributed by atoms with Crippen molar-refractivity contribution in [1.82, 2.24) is 0 Å². The van der Waals surface area contributed by atoms with Crippen LogP contribution in [0.1, 0.15) is 89.2 Å². The molecule has 0 heterocycles. The van der Waals surface area contributed by atoms with Crippen LogP contribution < -0.4 is 14.6 Å². The van der Waals surface area contributed by atoms with E-state index in [0.29, 0.717) is 11.5 Å². The molecule has 4 aromatic rings. The second kappa shape index (κ2) is 22.3. The van der Waals surface area contributed by atoms with E-state index in [-0.39, 0.29) is 59.9 Å². The van der Waals surface area contributed by atoms with Crippen LogP contribution >= 0.6 is 0 Å². The van der Waals surface area contributed by atoms with Gasteiger partial charge in [-0.1, -0.05) is 101 Å². The largest absolute Gasteiger partial charge is 2.00 e. The fraction of sp³-hybridized carbons (Fsp3) is 0.368. The molecule has 2 N–H and O–H groups in total. The van der Waals surface area contributed by atoms with Crippen LogP contribution in [0.5, 0.6) is 34.5 Å². The Labute approximate surface area is 332 Å². The molecule has 10 nitrogen and oxygen atoms in total. The molecule has 0 aromatic heterocycles. The summed E-state index contributed by atoms with van der Waals surface area (Å²) in [6.45, 7) is 4.39. The van der Waals surface area contributed by atoms with E-state index in [0.717, 1.165) is 56.0 Å². The first-order chi connectivity index (χ1) is 23.8. The molecule has 0 saturated heterocycles. The molecule has 0 fully saturated rings. The summed E-state index contributed by atoms with van der Waals surface area (Å²) in [6, 6.07) is 21.1. The van der Waals surface area contributed by atoms with Gasteiger partial charge >= 0.3 is 37.7 Å². The summed E-state index contributed by atoms with van der Waals surface area (Å²) in [5, 5.41) is 21.6. The van der Waals surface area contributed by atoms with Gasteiger partial charge in [-0.3, -0.25) is 4.55 Å². The zero-order chi connectivity index (χ0) is 36.6. The van der Waals surface area contributed by atoms with Crippen LogP contribution in [0.3, 0.4) is 0 Å². The molecule has 4 aromatic carbocycles. The second-order valence-corrected chi connectivity index (χ2v) is 14.8. The minimum absolute atomic E-state index is 0. The van der Waals surface area contributed by atoms with Crippen LogP contribution in [-0.4, -0.2) is 68.8 Å². The predicted octanol–water partition coefficient (Wildman–Crippen LogP) is 8.53. The Morgan fingerprint density at radius 3 is 1.47 bits per heavy atom. The maximum absolute atomic E-state index is 11.8. The third kappa shape index (κ3) is 16.2. The molecule has 0 aliphatic carbocycles. The molecule has 0 radical (unpaired) electrons. The van der Waals surface area contributed by atoms with Crippen LogP contribution in [0.2, 0.25) is 0 Å². The normalized spacial score (nSPS) is 11.2. The molecule has 0 unspecified atom stereocenters. The maximum Gasteiger partial charge on any atom is 2.00 e. The van der Waals surface area contributed by atoms with Crippen molar-refractivity contribution >= 4 is 58.0 Å². The average Bonchev–Trinajstić information content (AvgIpc) is 3.07. The molecule has 0 atom stereocenters. The van der Waals surface area contributed by atoms with Gasteiger partial charge < -0.3 is 24.2 Å². The van der Waals surface area contributed by atoms with E-state index in [1.165, 1.54) is 68.6 Å². The van der Waals surface area contributed by atoms with Gasteiger partial charge in [-0.15, -0.1) is 0 Å². The smallest absolute Gasteiger partial charge is 0.870 e. The third-order valence-corrected chi connectivity index (χ3v) is 9.55. The van der Waals surface area contributed by atoms with Gasteiger partial charge in [-0.05, 0) is 85.3 Å². The predicted molar refractivity (Wildman–Crippen MR) is 195 cm³/mol. The van der Waals surface area contributed by atoms with Crippen LogP contribution in [-0.2, 0) is 33.1 Å². The number of benzene rings is 4. The molecule has 4 rings (SSSR count). The van der Waals surface area contributed by atoms with Gasteiger partial charge in [-0.25, -0.2) is 8.42 Å². The summed E-state index contributed by atoms with van der Waals surface area (Å²) >= 11 is 0. The Morgan fingerprint density at radius 1 is 0.588 bits per heavy atom. The topological polar surface area (TPSA) is 173 Å². The molecule has 0 aliphatic heterocycles. The van der Waals surface area contributed by atoms with Crippen molar-refractivity contribution in [2.45, 2.75) is 101 Å². The number of hydrogen-bond acceptors (Lipinski definition) is 9. The van der Waals surface area contributed by atoms with Gasteiger partial charge in [0.1, 0.15) is 27.4 Å². The second-order valence-electron chi connectivity index (χ2n) is 12.0. The quantitative estimate of drug-likeness (QED) is 0.0568. The monoisotopic (exact) mass is 766 g/mol. The van der Waals surface area contributed by atoms with Gasteiger partial charge in [0.25, 0.3) is 10.1 Å². The van der Waals surface area contributed by atoms with E-state index < -0.39 is 30.9 Å². The van der Waals surface area contributed by atoms with Gasteiger partial charge in [0.15, 0.2) is 11.5 Å². The molecule has 0 bridgehead atoms. The Balaban J connectivity index is 0.000000347. The van der Waals surface area contributed by atoms with Crippen molar-refractivity contribution in [3.05, 3.63) is 96.1 Å². The van der Waals surface area contributed by atoms with Gasteiger partial charge in [0.2, 0.25) is 0 Å². The average molecular weight is 767 g/mol. The first kappa shape index (κ1) is 44.3. The molecule has 51 heavy (non-hydrogen) atoms. The molecule has 0 amide bonds. The van der Waals surface area contributed by atoms with Crippen molar-refractivity contribution in [3.63, 3.8) is 0 Å². The zero-order valence-electron chi connectivity index (χ0n) is 29.3. The summed E-state index contributed by atoms with van der Waals surface area (Å²) in [7, 11) is -8.98. The molecule has 0 spiro atoms. The first-order valence-electron chi connectivity index (χ1n) is 16.9. The van der Waals surface area contributed by atoms with E-state index in [1.807, 2.05) is 24.3 Å². The van der Waals surface area contributed by atoms with E-state index in [9.17, 15) is 31.6 Å². The van der Waals surface area contributed by atoms with Gasteiger partial charge in [0, 0.05) is 6.07 Å². The molecular weight excluding hydrogens is 721 g/mol. The summed E-state index contributed by atoms with van der Waals surface area (Å²) < 4.78 is 75.5. The maximum atomic E-state index is 11.8. The number of hydrogen-bond donors (Lipinski definition) is 2. The van der Waals surface area contributed by atoms with Gasteiger partial charge in [0.05, 0.1) is 9.79 Å². The summed E-state index contributed by atoms with van der Waals surface area (Å²) in [5.41, 5.74) is 2.39. The van der Waals surface area contributed by atoms with Gasteiger partial charge in [-0.2, -0.15) is 8.42 Å². The van der Waals surface area contributed by atoms with Crippen molar-refractivity contribution in [2.24, 2.45) is 0 Å². The fourth-order valence-corrected chi connectivity index (χ4v) is 6.01. The van der Waals surface area contributed by atoms with E-state index in [4.69, 9.17) is 14.0 Å². The Bertz CT molecular complexity index is 1710. The Hall–Kier alpha value is -2.84. The molecule has 0 aliphatic rings. The minimum Gasteiger partial charge on any atom is -0.870 e. The van der Waals surface area contributed by atoms with Crippen LogP contribution in [0.4, 0.5) is 0 Å². The summed E-state index contributed by atoms with van der Waals surface area (Å²) in [6.07, 6.45) is 14.2. The minimum atomic E-state index is -4.63. The number of aromatic hydroxyl groups is 1. The van der Waals surface area contributed by atoms with E-state index >= 15 is 0 Å². The number of aryl methyl sites for hydroxylation is 2. The standard InChI is InChI=1S/2C19H24O5S.Ca/c2*1-2-3-4-5-6-7-15-8-10-16(11-9-15)24-19-14-17(25(21,22)23)12-13-18(19)20;/h2*8-14,20H,2-7H2,1H3,(H,21,22,23);/q;;+2/p-2. The molecule has 272 valence electrons. The van der Waals surface area contributed by atoms with Crippen LogP contribution in [0.25, 0.3) is 0 Å². The van der Waals surface area contributed by atoms with Crippen molar-refractivity contribution < 1.29 is 45.6 Å². The Morgan fingerprint density at radius 2 is 1.02 bits per heavy atom. The molecule has 13 heteroatoms. The Kier molecular flexibility index (Phi) is 19.4. The van der Waals surface area contributed by atoms with Crippen LogP contribution in [0.15, 0.2) is 94.7 Å². The number of phenolic OH excluding ortho intramolecular Hbond substituents is 1. The van der Waals surface area contributed by atoms with E-state index in [1.54, 1.807) is 24.3 Å². The number of unbranched alkanes of at least 4 members (excludes halogenated alkanes) is 8.